The second-order valence-electron chi connectivity index (χ2n) is 5.76. The van der Waals surface area contributed by atoms with Gasteiger partial charge in [0.1, 0.15) is 11.4 Å². The molecule has 0 radical (unpaired) electrons. The molecule has 104 valence electrons. The molecule has 0 heterocycles. The van der Waals surface area contributed by atoms with Gasteiger partial charge in [0.15, 0.2) is 0 Å². The average Bonchev–Trinajstić information content (AvgIpc) is 2.38. The Labute approximate surface area is 128 Å². The van der Waals surface area contributed by atoms with E-state index in [2.05, 4.69) is 41.7 Å². The molecule has 0 amide bonds. The van der Waals surface area contributed by atoms with Crippen LogP contribution in [0.4, 0.5) is 5.69 Å². The van der Waals surface area contributed by atoms with Gasteiger partial charge in [-0.3, -0.25) is 4.99 Å². The highest BCUT2D eigenvalue weighted by atomic mass is 79.9. The summed E-state index contributed by atoms with van der Waals surface area (Å²) in [6.45, 7) is 6.42. The van der Waals surface area contributed by atoms with Gasteiger partial charge in [-0.2, -0.15) is 0 Å². The Kier molecular flexibility index (Phi) is 4.29. The first-order valence-electron chi connectivity index (χ1n) is 6.49. The maximum atomic E-state index is 9.90. The minimum Gasteiger partial charge on any atom is -0.506 e. The Bertz CT molecular complexity index is 624. The summed E-state index contributed by atoms with van der Waals surface area (Å²) in [5, 5.41) is 9.90. The summed E-state index contributed by atoms with van der Waals surface area (Å²) in [6, 6.07) is 13.4. The predicted molar refractivity (Wildman–Crippen MR) is 88.2 cm³/mol. The van der Waals surface area contributed by atoms with Gasteiger partial charge in [0.05, 0.1) is 0 Å². The molecule has 0 aromatic heterocycles. The van der Waals surface area contributed by atoms with E-state index in [0.29, 0.717) is 5.69 Å². The monoisotopic (exact) mass is 331 g/mol. The van der Waals surface area contributed by atoms with E-state index >= 15 is 0 Å². The zero-order chi connectivity index (χ0) is 14.8. The standard InChI is InChI=1S/C17H18BrNO/c1-17(2,3)13-6-9-16(20)15(10-13)19-11-12-4-7-14(18)8-5-12/h4-11,20H,1-3H3/b19-11+. The van der Waals surface area contributed by atoms with Crippen molar-refractivity contribution in [1.82, 2.24) is 0 Å². The number of aromatic hydroxyl groups is 1. The quantitative estimate of drug-likeness (QED) is 0.753. The molecule has 0 unspecified atom stereocenters. The fraction of sp³-hybridized carbons (Fsp3) is 0.235. The minimum absolute atomic E-state index is 0.0373. The van der Waals surface area contributed by atoms with Gasteiger partial charge in [-0.05, 0) is 40.8 Å². The summed E-state index contributed by atoms with van der Waals surface area (Å²) in [4.78, 5) is 4.39. The number of aliphatic imine (C=N–C) groups is 1. The molecule has 0 saturated carbocycles. The highest BCUT2D eigenvalue weighted by Crippen LogP contribution is 2.32. The van der Waals surface area contributed by atoms with E-state index in [1.54, 1.807) is 12.3 Å². The van der Waals surface area contributed by atoms with Crippen LogP contribution in [0.2, 0.25) is 0 Å². The van der Waals surface area contributed by atoms with E-state index in [9.17, 15) is 5.11 Å². The van der Waals surface area contributed by atoms with Gasteiger partial charge in [0.2, 0.25) is 0 Å². The maximum Gasteiger partial charge on any atom is 0.141 e. The van der Waals surface area contributed by atoms with E-state index in [4.69, 9.17) is 0 Å². The lowest BCUT2D eigenvalue weighted by Gasteiger charge is -2.19. The maximum absolute atomic E-state index is 9.90. The molecule has 0 spiro atoms. The molecule has 0 aliphatic heterocycles. The van der Waals surface area contributed by atoms with Crippen molar-refractivity contribution in [2.75, 3.05) is 0 Å². The van der Waals surface area contributed by atoms with Crippen LogP contribution in [0.15, 0.2) is 51.9 Å². The number of phenolic OH excluding ortho intramolecular Hbond substituents is 1. The lowest BCUT2D eigenvalue weighted by molar-refractivity contribution is 0.475. The SMILES string of the molecule is CC(C)(C)c1ccc(O)c(/N=C/c2ccc(Br)cc2)c1. The van der Waals surface area contributed by atoms with Crippen LogP contribution in [0.25, 0.3) is 0 Å². The molecular formula is C17H18BrNO. The number of phenols is 1. The fourth-order valence-electron chi connectivity index (χ4n) is 1.79. The largest absolute Gasteiger partial charge is 0.506 e. The second-order valence-corrected chi connectivity index (χ2v) is 6.68. The third kappa shape index (κ3) is 3.70. The van der Waals surface area contributed by atoms with Crippen LogP contribution in [-0.2, 0) is 5.41 Å². The van der Waals surface area contributed by atoms with Crippen molar-refractivity contribution in [3.05, 3.63) is 58.1 Å². The van der Waals surface area contributed by atoms with Crippen molar-refractivity contribution in [2.24, 2.45) is 4.99 Å². The number of hydrogen-bond donors (Lipinski definition) is 1. The summed E-state index contributed by atoms with van der Waals surface area (Å²) >= 11 is 3.40. The fourth-order valence-corrected chi connectivity index (χ4v) is 2.05. The van der Waals surface area contributed by atoms with E-state index in [1.807, 2.05) is 36.4 Å². The molecule has 1 N–H and O–H groups in total. The van der Waals surface area contributed by atoms with Crippen molar-refractivity contribution >= 4 is 27.8 Å². The van der Waals surface area contributed by atoms with Crippen molar-refractivity contribution in [2.45, 2.75) is 26.2 Å². The molecule has 2 aromatic carbocycles. The number of halogens is 1. The summed E-state index contributed by atoms with van der Waals surface area (Å²) in [7, 11) is 0. The van der Waals surface area contributed by atoms with Gasteiger partial charge in [0.25, 0.3) is 0 Å². The Morgan fingerprint density at radius 3 is 2.30 bits per heavy atom. The molecule has 2 nitrogen and oxygen atoms in total. The number of nitrogens with zero attached hydrogens (tertiary/aromatic N) is 1. The first kappa shape index (κ1) is 14.8. The molecule has 0 aliphatic rings. The molecule has 2 rings (SSSR count). The summed E-state index contributed by atoms with van der Waals surface area (Å²) < 4.78 is 1.03. The highest BCUT2D eigenvalue weighted by molar-refractivity contribution is 9.10. The van der Waals surface area contributed by atoms with E-state index in [1.165, 1.54) is 0 Å². The van der Waals surface area contributed by atoms with Crippen LogP contribution < -0.4 is 0 Å². The average molecular weight is 332 g/mol. The van der Waals surface area contributed by atoms with E-state index < -0.39 is 0 Å². The van der Waals surface area contributed by atoms with Gasteiger partial charge in [-0.15, -0.1) is 0 Å². The third-order valence-corrected chi connectivity index (χ3v) is 3.59. The van der Waals surface area contributed by atoms with Crippen LogP contribution in [0.5, 0.6) is 5.75 Å². The van der Waals surface area contributed by atoms with Crippen molar-refractivity contribution in [1.29, 1.82) is 0 Å². The minimum atomic E-state index is 0.0373. The molecule has 0 aliphatic carbocycles. The van der Waals surface area contributed by atoms with Crippen LogP contribution in [0.1, 0.15) is 31.9 Å². The Morgan fingerprint density at radius 1 is 1.05 bits per heavy atom. The number of rotatable bonds is 2. The van der Waals surface area contributed by atoms with Crippen LogP contribution in [-0.4, -0.2) is 11.3 Å². The Hall–Kier alpha value is -1.61. The first-order chi connectivity index (χ1) is 9.36. The first-order valence-corrected chi connectivity index (χ1v) is 7.29. The lowest BCUT2D eigenvalue weighted by atomic mass is 9.87. The molecule has 2 aromatic rings. The molecule has 20 heavy (non-hydrogen) atoms. The Balaban J connectivity index is 2.31. The topological polar surface area (TPSA) is 32.6 Å². The predicted octanol–water partition coefficient (Wildman–Crippen LogP) is 5.20. The lowest BCUT2D eigenvalue weighted by Crippen LogP contribution is -2.10. The van der Waals surface area contributed by atoms with Crippen molar-refractivity contribution < 1.29 is 5.11 Å². The van der Waals surface area contributed by atoms with Crippen molar-refractivity contribution in [3.8, 4) is 5.75 Å². The second kappa shape index (κ2) is 5.80. The number of benzene rings is 2. The van der Waals surface area contributed by atoms with E-state index in [0.717, 1.165) is 15.6 Å². The zero-order valence-corrected chi connectivity index (χ0v) is 13.5. The summed E-state index contributed by atoms with van der Waals surface area (Å²) in [6.07, 6.45) is 1.76. The third-order valence-electron chi connectivity index (χ3n) is 3.06. The highest BCUT2D eigenvalue weighted by Gasteiger charge is 2.14. The van der Waals surface area contributed by atoms with Crippen LogP contribution in [0, 0.1) is 0 Å². The Morgan fingerprint density at radius 2 is 1.70 bits per heavy atom. The molecule has 3 heteroatoms. The van der Waals surface area contributed by atoms with Crippen molar-refractivity contribution in [3.63, 3.8) is 0 Å². The molecule has 0 fully saturated rings. The normalized spacial score (nSPS) is 12.0. The smallest absolute Gasteiger partial charge is 0.141 e. The van der Waals surface area contributed by atoms with Gasteiger partial charge in [0, 0.05) is 10.7 Å². The zero-order valence-electron chi connectivity index (χ0n) is 11.9. The molecule has 0 bridgehead atoms. The van der Waals surface area contributed by atoms with Gasteiger partial charge >= 0.3 is 0 Å². The molecule has 0 atom stereocenters. The summed E-state index contributed by atoms with van der Waals surface area (Å²) in [5.41, 5.74) is 2.78. The van der Waals surface area contributed by atoms with Gasteiger partial charge in [-0.25, -0.2) is 0 Å². The van der Waals surface area contributed by atoms with Crippen LogP contribution in [0.3, 0.4) is 0 Å². The molecule has 0 saturated heterocycles. The van der Waals surface area contributed by atoms with Gasteiger partial charge in [-0.1, -0.05) is 54.9 Å². The van der Waals surface area contributed by atoms with Gasteiger partial charge < -0.3 is 5.11 Å². The van der Waals surface area contributed by atoms with E-state index in [-0.39, 0.29) is 11.2 Å². The molecular weight excluding hydrogens is 314 g/mol. The van der Waals surface area contributed by atoms with Crippen LogP contribution >= 0.6 is 15.9 Å². The summed E-state index contributed by atoms with van der Waals surface area (Å²) in [5.74, 6) is 0.200. The number of hydrogen-bond acceptors (Lipinski definition) is 2.